The molecule has 0 spiro atoms. The Hall–Kier alpha value is -3.37. The number of carbonyl (C=O) groups excluding carboxylic acids is 2. The van der Waals surface area contributed by atoms with Gasteiger partial charge in [-0.15, -0.1) is 0 Å². The molecule has 1 saturated carbocycles. The van der Waals surface area contributed by atoms with Crippen molar-refractivity contribution >= 4 is 43.5 Å². The summed E-state index contributed by atoms with van der Waals surface area (Å²) in [7, 11) is -2.58. The summed E-state index contributed by atoms with van der Waals surface area (Å²) >= 11 is 3.43. The molecule has 0 aliphatic heterocycles. The Morgan fingerprint density at radius 1 is 0.975 bits per heavy atom. The smallest absolute Gasteiger partial charge is 0.264 e. The number of ether oxygens (including phenoxy) is 1. The van der Waals surface area contributed by atoms with Gasteiger partial charge in [-0.3, -0.25) is 13.9 Å². The summed E-state index contributed by atoms with van der Waals surface area (Å²) in [5.74, 6) is -0.187. The molecule has 0 aromatic heterocycles. The third-order valence-electron chi connectivity index (χ3n) is 7.11. The lowest BCUT2D eigenvalue weighted by Crippen LogP contribution is -2.52. The minimum Gasteiger partial charge on any atom is -0.497 e. The van der Waals surface area contributed by atoms with E-state index in [-0.39, 0.29) is 23.4 Å². The first-order valence-electron chi connectivity index (χ1n) is 13.2. The van der Waals surface area contributed by atoms with Gasteiger partial charge in [0, 0.05) is 17.1 Å². The van der Waals surface area contributed by atoms with E-state index in [9.17, 15) is 18.0 Å². The molecular formula is C30H34BrN3O5S. The van der Waals surface area contributed by atoms with Gasteiger partial charge in [-0.25, -0.2) is 8.42 Å². The highest BCUT2D eigenvalue weighted by Crippen LogP contribution is 2.27. The number of hydrogen-bond acceptors (Lipinski definition) is 5. The first-order chi connectivity index (χ1) is 19.2. The summed E-state index contributed by atoms with van der Waals surface area (Å²) in [5.41, 5.74) is 1.13. The second-order valence-electron chi connectivity index (χ2n) is 9.84. The minimum atomic E-state index is -4.11. The van der Waals surface area contributed by atoms with Crippen LogP contribution < -0.4 is 14.4 Å². The van der Waals surface area contributed by atoms with Gasteiger partial charge in [0.25, 0.3) is 10.0 Å². The Balaban J connectivity index is 1.67. The molecule has 8 nitrogen and oxygen atoms in total. The number of nitrogens with one attached hydrogen (secondary N) is 1. The molecule has 0 heterocycles. The second-order valence-corrected chi connectivity index (χ2v) is 12.6. The predicted molar refractivity (Wildman–Crippen MR) is 159 cm³/mol. The third kappa shape index (κ3) is 7.22. The molecule has 0 saturated heterocycles. The van der Waals surface area contributed by atoms with E-state index in [1.54, 1.807) is 49.4 Å². The van der Waals surface area contributed by atoms with Crippen LogP contribution in [-0.4, -0.2) is 50.9 Å². The van der Waals surface area contributed by atoms with Gasteiger partial charge in [0.2, 0.25) is 11.8 Å². The number of carbonyl (C=O) groups is 2. The molecule has 4 rings (SSSR count). The second kappa shape index (κ2) is 13.3. The van der Waals surface area contributed by atoms with Gasteiger partial charge in [0.05, 0.1) is 17.7 Å². The van der Waals surface area contributed by atoms with Crippen LogP contribution in [0.5, 0.6) is 5.75 Å². The van der Waals surface area contributed by atoms with Crippen LogP contribution >= 0.6 is 15.9 Å². The lowest BCUT2D eigenvalue weighted by atomic mass is 10.1. The number of halogens is 1. The van der Waals surface area contributed by atoms with Crippen molar-refractivity contribution < 1.29 is 22.7 Å². The zero-order valence-corrected chi connectivity index (χ0v) is 25.0. The molecule has 10 heteroatoms. The number of anilines is 1. The Morgan fingerprint density at radius 3 is 2.20 bits per heavy atom. The summed E-state index contributed by atoms with van der Waals surface area (Å²) in [6.07, 6.45) is 3.96. The van der Waals surface area contributed by atoms with Crippen molar-refractivity contribution in [3.8, 4) is 5.75 Å². The number of amides is 2. The first kappa shape index (κ1) is 29.6. The number of hydrogen-bond donors (Lipinski definition) is 1. The van der Waals surface area contributed by atoms with Gasteiger partial charge in [-0.2, -0.15) is 0 Å². The lowest BCUT2D eigenvalue weighted by molar-refractivity contribution is -0.139. The largest absolute Gasteiger partial charge is 0.497 e. The van der Waals surface area contributed by atoms with E-state index in [1.807, 2.05) is 24.3 Å². The van der Waals surface area contributed by atoms with Crippen LogP contribution in [0.2, 0.25) is 0 Å². The van der Waals surface area contributed by atoms with Crippen molar-refractivity contribution in [1.29, 1.82) is 0 Å². The molecule has 1 N–H and O–H groups in total. The molecule has 2 amide bonds. The average molecular weight is 629 g/mol. The number of methoxy groups -OCH3 is 1. The zero-order valence-electron chi connectivity index (χ0n) is 22.6. The van der Waals surface area contributed by atoms with Crippen molar-refractivity contribution in [2.75, 3.05) is 18.0 Å². The fourth-order valence-corrected chi connectivity index (χ4v) is 6.46. The summed E-state index contributed by atoms with van der Waals surface area (Å²) < 4.78 is 34.8. The van der Waals surface area contributed by atoms with Gasteiger partial charge < -0.3 is 15.0 Å². The zero-order chi connectivity index (χ0) is 28.7. The third-order valence-corrected chi connectivity index (χ3v) is 9.42. The molecule has 0 radical (unpaired) electrons. The van der Waals surface area contributed by atoms with Gasteiger partial charge in [-0.05, 0) is 73.9 Å². The van der Waals surface area contributed by atoms with Crippen molar-refractivity contribution in [3.05, 3.63) is 88.9 Å². The van der Waals surface area contributed by atoms with E-state index in [4.69, 9.17) is 4.74 Å². The summed E-state index contributed by atoms with van der Waals surface area (Å²) in [5, 5.41) is 3.08. The van der Waals surface area contributed by atoms with E-state index in [0.717, 1.165) is 40.0 Å². The number of rotatable bonds is 11. The highest BCUT2D eigenvalue weighted by atomic mass is 79.9. The molecule has 1 aliphatic rings. The van der Waals surface area contributed by atoms with Crippen LogP contribution in [0.25, 0.3) is 0 Å². The Kier molecular flexibility index (Phi) is 9.86. The molecule has 0 bridgehead atoms. The fraction of sp³-hybridized carbons (Fsp3) is 0.333. The van der Waals surface area contributed by atoms with E-state index in [1.165, 1.54) is 24.1 Å². The standard InChI is InChI=1S/C30H34BrN3O5S/c1-22(30(36)32-25-8-6-7-9-25)33(20-23-12-14-24(31)15-13-23)29(35)21-34(26-16-18-27(39-2)19-17-26)40(37,38)28-10-4-3-5-11-28/h3-5,10-19,22,25H,6-9,20-21H2,1-2H3,(H,32,36)/t22-/m0/s1. The quantitative estimate of drug-likeness (QED) is 0.318. The molecule has 3 aromatic carbocycles. The van der Waals surface area contributed by atoms with Crippen molar-refractivity contribution in [2.45, 2.75) is 56.1 Å². The molecule has 1 atom stereocenters. The molecule has 212 valence electrons. The van der Waals surface area contributed by atoms with E-state index in [2.05, 4.69) is 21.2 Å². The van der Waals surface area contributed by atoms with Crippen LogP contribution in [0, 0.1) is 0 Å². The van der Waals surface area contributed by atoms with Crippen LogP contribution in [-0.2, 0) is 26.2 Å². The Labute approximate surface area is 244 Å². The maximum atomic E-state index is 14.0. The number of nitrogens with zero attached hydrogens (tertiary/aromatic N) is 2. The van der Waals surface area contributed by atoms with Gasteiger partial charge >= 0.3 is 0 Å². The molecular weight excluding hydrogens is 594 g/mol. The number of sulfonamides is 1. The van der Waals surface area contributed by atoms with Crippen LogP contribution in [0.4, 0.5) is 5.69 Å². The van der Waals surface area contributed by atoms with Crippen molar-refractivity contribution in [2.24, 2.45) is 0 Å². The average Bonchev–Trinajstić information content (AvgIpc) is 3.48. The fourth-order valence-electron chi connectivity index (χ4n) is 4.76. The SMILES string of the molecule is COc1ccc(N(CC(=O)N(Cc2ccc(Br)cc2)[C@@H](C)C(=O)NC2CCCC2)S(=O)(=O)c2ccccc2)cc1. The van der Waals surface area contributed by atoms with Gasteiger partial charge in [0.15, 0.2) is 0 Å². The molecule has 3 aromatic rings. The number of benzene rings is 3. The monoisotopic (exact) mass is 627 g/mol. The Bertz CT molecular complexity index is 1390. The topological polar surface area (TPSA) is 96.0 Å². The van der Waals surface area contributed by atoms with E-state index in [0.29, 0.717) is 11.4 Å². The molecule has 0 unspecified atom stereocenters. The maximum absolute atomic E-state index is 14.0. The maximum Gasteiger partial charge on any atom is 0.264 e. The van der Waals surface area contributed by atoms with Crippen LogP contribution in [0.15, 0.2) is 88.2 Å². The predicted octanol–water partition coefficient (Wildman–Crippen LogP) is 5.13. The normalized spacial score (nSPS) is 14.4. The summed E-state index contributed by atoms with van der Waals surface area (Å²) in [6, 6.07) is 21.2. The highest BCUT2D eigenvalue weighted by molar-refractivity contribution is 9.10. The lowest BCUT2D eigenvalue weighted by Gasteiger charge is -2.32. The van der Waals surface area contributed by atoms with Crippen LogP contribution in [0.1, 0.15) is 38.2 Å². The summed E-state index contributed by atoms with van der Waals surface area (Å²) in [4.78, 5) is 28.8. The van der Waals surface area contributed by atoms with Crippen LogP contribution in [0.3, 0.4) is 0 Å². The van der Waals surface area contributed by atoms with E-state index >= 15 is 0 Å². The highest BCUT2D eigenvalue weighted by Gasteiger charge is 2.33. The van der Waals surface area contributed by atoms with Gasteiger partial charge in [0.1, 0.15) is 18.3 Å². The van der Waals surface area contributed by atoms with Crippen molar-refractivity contribution in [1.82, 2.24) is 10.2 Å². The molecule has 1 aliphatic carbocycles. The van der Waals surface area contributed by atoms with Crippen molar-refractivity contribution in [3.63, 3.8) is 0 Å². The molecule has 1 fully saturated rings. The van der Waals surface area contributed by atoms with Gasteiger partial charge in [-0.1, -0.05) is 59.1 Å². The first-order valence-corrected chi connectivity index (χ1v) is 15.5. The summed E-state index contributed by atoms with van der Waals surface area (Å²) in [6.45, 7) is 1.35. The Morgan fingerprint density at radius 2 is 1.60 bits per heavy atom. The van der Waals surface area contributed by atoms with E-state index < -0.39 is 28.5 Å². The molecule has 40 heavy (non-hydrogen) atoms. The minimum absolute atomic E-state index is 0.0603.